The Kier molecular flexibility index (Phi) is 3.66. The Morgan fingerprint density at radius 2 is 1.76 bits per heavy atom. The minimum absolute atomic E-state index is 0.451. The summed E-state index contributed by atoms with van der Waals surface area (Å²) >= 11 is 0. The van der Waals surface area contributed by atoms with Crippen molar-refractivity contribution in [3.8, 4) is 6.07 Å². The largest absolute Gasteiger partial charge is 0.381 e. The third kappa shape index (κ3) is 3.28. The highest BCUT2D eigenvalue weighted by atomic mass is 14.9. The zero-order valence-corrected chi connectivity index (χ0v) is 9.30. The van der Waals surface area contributed by atoms with Gasteiger partial charge in [0.2, 0.25) is 0 Å². The molecule has 1 aromatic heterocycles. The molecule has 1 heterocycles. The summed E-state index contributed by atoms with van der Waals surface area (Å²) in [5.41, 5.74) is 3.09. The molecule has 1 aromatic carbocycles. The Morgan fingerprint density at radius 1 is 1.06 bits per heavy atom. The van der Waals surface area contributed by atoms with Crippen molar-refractivity contribution in [3.05, 3.63) is 54.1 Å². The van der Waals surface area contributed by atoms with Crippen LogP contribution in [0.25, 0.3) is 0 Å². The first kappa shape index (κ1) is 11.1. The molecule has 0 saturated carbocycles. The molecular weight excluding hydrogens is 212 g/mol. The van der Waals surface area contributed by atoms with Crippen LogP contribution in [0.1, 0.15) is 11.1 Å². The van der Waals surface area contributed by atoms with Gasteiger partial charge in [0.25, 0.3) is 0 Å². The Morgan fingerprint density at radius 3 is 2.41 bits per heavy atom. The number of nitrogens with zero attached hydrogens (tertiary/aromatic N) is 3. The average molecular weight is 224 g/mol. The molecule has 0 fully saturated rings. The third-order valence-electron chi connectivity index (χ3n) is 2.35. The fourth-order valence-electron chi connectivity index (χ4n) is 1.46. The van der Waals surface area contributed by atoms with Gasteiger partial charge in [-0.25, -0.2) is 9.97 Å². The molecule has 0 atom stereocenters. The summed E-state index contributed by atoms with van der Waals surface area (Å²) in [6, 6.07) is 9.96. The van der Waals surface area contributed by atoms with E-state index in [4.69, 9.17) is 5.26 Å². The third-order valence-corrected chi connectivity index (χ3v) is 2.35. The first-order valence-corrected chi connectivity index (χ1v) is 5.32. The quantitative estimate of drug-likeness (QED) is 0.864. The van der Waals surface area contributed by atoms with E-state index < -0.39 is 0 Å². The molecule has 0 aliphatic rings. The molecule has 1 N–H and O–H groups in total. The predicted octanol–water partition coefficient (Wildman–Crippen LogP) is 2.15. The number of rotatable bonds is 4. The maximum atomic E-state index is 8.56. The van der Waals surface area contributed by atoms with Crippen molar-refractivity contribution in [2.24, 2.45) is 0 Å². The van der Waals surface area contributed by atoms with Crippen molar-refractivity contribution < 1.29 is 0 Å². The molecule has 0 unspecified atom stereocenters. The molecule has 0 bridgehead atoms. The summed E-state index contributed by atoms with van der Waals surface area (Å²) < 4.78 is 0. The maximum Gasteiger partial charge on any atom is 0.115 e. The molecule has 0 radical (unpaired) electrons. The van der Waals surface area contributed by atoms with Crippen molar-refractivity contribution in [2.75, 3.05) is 5.32 Å². The van der Waals surface area contributed by atoms with Gasteiger partial charge in [-0.2, -0.15) is 5.26 Å². The fraction of sp³-hybridized carbons (Fsp3) is 0.154. The number of anilines is 1. The Bertz CT molecular complexity index is 499. The summed E-state index contributed by atoms with van der Waals surface area (Å²) in [4.78, 5) is 7.90. The summed E-state index contributed by atoms with van der Waals surface area (Å²) in [6.45, 7) is 0.693. The predicted molar refractivity (Wildman–Crippen MR) is 65.1 cm³/mol. The topological polar surface area (TPSA) is 61.6 Å². The van der Waals surface area contributed by atoms with Crippen LogP contribution in [-0.2, 0) is 13.0 Å². The monoisotopic (exact) mass is 224 g/mol. The maximum absolute atomic E-state index is 8.56. The zero-order valence-electron chi connectivity index (χ0n) is 9.30. The van der Waals surface area contributed by atoms with Gasteiger partial charge in [0.15, 0.2) is 0 Å². The molecule has 0 aliphatic carbocycles. The molecular formula is C13H12N4. The lowest BCUT2D eigenvalue weighted by Crippen LogP contribution is -2.00. The molecule has 2 aromatic rings. The minimum Gasteiger partial charge on any atom is -0.381 e. The zero-order chi connectivity index (χ0) is 11.9. The highest BCUT2D eigenvalue weighted by Crippen LogP contribution is 2.10. The second-order valence-corrected chi connectivity index (χ2v) is 3.63. The van der Waals surface area contributed by atoms with E-state index in [9.17, 15) is 0 Å². The number of nitrogens with one attached hydrogen (secondary N) is 1. The first-order chi connectivity index (χ1) is 8.38. The Labute approximate surface area is 100.0 Å². The van der Waals surface area contributed by atoms with Gasteiger partial charge in [0.1, 0.15) is 6.33 Å². The van der Waals surface area contributed by atoms with Gasteiger partial charge in [0, 0.05) is 30.2 Å². The Balaban J connectivity index is 1.94. The van der Waals surface area contributed by atoms with Crippen LogP contribution in [0.5, 0.6) is 0 Å². The number of benzene rings is 1. The van der Waals surface area contributed by atoms with Crippen molar-refractivity contribution in [3.63, 3.8) is 0 Å². The second kappa shape index (κ2) is 5.61. The highest BCUT2D eigenvalue weighted by molar-refractivity contribution is 5.45. The van der Waals surface area contributed by atoms with Gasteiger partial charge >= 0.3 is 0 Å². The number of hydrogen-bond donors (Lipinski definition) is 1. The number of hydrogen-bond acceptors (Lipinski definition) is 4. The lowest BCUT2D eigenvalue weighted by Gasteiger charge is -2.06. The van der Waals surface area contributed by atoms with Gasteiger partial charge < -0.3 is 5.32 Å². The van der Waals surface area contributed by atoms with Crippen molar-refractivity contribution in [2.45, 2.75) is 13.0 Å². The van der Waals surface area contributed by atoms with E-state index in [1.165, 1.54) is 6.33 Å². The molecule has 0 amide bonds. The molecule has 0 aliphatic heterocycles. The van der Waals surface area contributed by atoms with E-state index in [2.05, 4.69) is 21.4 Å². The number of aromatic nitrogens is 2. The second-order valence-electron chi connectivity index (χ2n) is 3.63. The van der Waals surface area contributed by atoms with Crippen LogP contribution in [0.3, 0.4) is 0 Å². The van der Waals surface area contributed by atoms with Crippen LogP contribution >= 0.6 is 0 Å². The smallest absolute Gasteiger partial charge is 0.115 e. The average Bonchev–Trinajstić information content (AvgIpc) is 2.40. The molecule has 84 valence electrons. The van der Waals surface area contributed by atoms with E-state index in [0.29, 0.717) is 13.0 Å². The molecule has 17 heavy (non-hydrogen) atoms. The highest BCUT2D eigenvalue weighted by Gasteiger charge is 1.95. The van der Waals surface area contributed by atoms with E-state index in [1.807, 2.05) is 24.3 Å². The lowest BCUT2D eigenvalue weighted by atomic mass is 10.1. The molecule has 4 heteroatoms. The summed E-state index contributed by atoms with van der Waals surface area (Å²) in [7, 11) is 0. The van der Waals surface area contributed by atoms with Gasteiger partial charge in [0.05, 0.1) is 12.5 Å². The van der Waals surface area contributed by atoms with E-state index in [-0.39, 0.29) is 0 Å². The van der Waals surface area contributed by atoms with Gasteiger partial charge in [-0.1, -0.05) is 12.1 Å². The van der Waals surface area contributed by atoms with Crippen LogP contribution < -0.4 is 5.32 Å². The number of nitriles is 1. The molecule has 2 rings (SSSR count). The lowest BCUT2D eigenvalue weighted by molar-refractivity contribution is 1.05. The summed E-state index contributed by atoms with van der Waals surface area (Å²) in [6.07, 6.45) is 5.53. The van der Waals surface area contributed by atoms with Crippen molar-refractivity contribution in [1.29, 1.82) is 5.26 Å². The van der Waals surface area contributed by atoms with Gasteiger partial charge in [-0.3, -0.25) is 0 Å². The normalized spacial score (nSPS) is 9.59. The molecule has 4 nitrogen and oxygen atoms in total. The van der Waals surface area contributed by atoms with Gasteiger partial charge in [-0.15, -0.1) is 0 Å². The van der Waals surface area contributed by atoms with E-state index in [1.54, 1.807) is 12.4 Å². The summed E-state index contributed by atoms with van der Waals surface area (Å²) in [5.74, 6) is 0. The van der Waals surface area contributed by atoms with Crippen molar-refractivity contribution >= 4 is 5.69 Å². The van der Waals surface area contributed by atoms with Crippen LogP contribution in [0.15, 0.2) is 43.0 Å². The van der Waals surface area contributed by atoms with Crippen LogP contribution in [0, 0.1) is 11.3 Å². The van der Waals surface area contributed by atoms with E-state index >= 15 is 0 Å². The molecule has 0 saturated heterocycles. The first-order valence-electron chi connectivity index (χ1n) is 5.32. The standard InChI is InChI=1S/C13H12N4/c14-6-5-11-1-3-13(4-2-11)17-9-12-7-15-10-16-8-12/h1-4,7-8,10,17H,5,9H2. The van der Waals surface area contributed by atoms with E-state index in [0.717, 1.165) is 16.8 Å². The molecule has 0 spiro atoms. The van der Waals surface area contributed by atoms with Crippen molar-refractivity contribution in [1.82, 2.24) is 9.97 Å². The van der Waals surface area contributed by atoms with Gasteiger partial charge in [-0.05, 0) is 17.7 Å². The fourth-order valence-corrected chi connectivity index (χ4v) is 1.46. The van der Waals surface area contributed by atoms with Crippen LogP contribution in [0.4, 0.5) is 5.69 Å². The minimum atomic E-state index is 0.451. The van der Waals surface area contributed by atoms with Crippen LogP contribution in [-0.4, -0.2) is 9.97 Å². The summed E-state index contributed by atoms with van der Waals surface area (Å²) in [5, 5.41) is 11.8. The SMILES string of the molecule is N#CCc1ccc(NCc2cncnc2)cc1. The Hall–Kier alpha value is -2.41. The van der Waals surface area contributed by atoms with Crippen LogP contribution in [0.2, 0.25) is 0 Å².